The average Bonchev–Trinajstić information content (AvgIpc) is 3.29. The quantitative estimate of drug-likeness (QED) is 0.0297. The lowest BCUT2D eigenvalue weighted by Gasteiger charge is -2.29. The lowest BCUT2D eigenvalue weighted by Crippen LogP contribution is -2.53. The second kappa shape index (κ2) is 26.9. The summed E-state index contributed by atoms with van der Waals surface area (Å²) in [5.41, 5.74) is 17.3. The lowest BCUT2D eigenvalue weighted by molar-refractivity contribution is -0.117. The van der Waals surface area contributed by atoms with E-state index in [9.17, 15) is 30.3 Å². The van der Waals surface area contributed by atoms with Gasteiger partial charge < -0.3 is 68.9 Å². The second-order valence-corrected chi connectivity index (χ2v) is 17.3. The minimum absolute atomic E-state index is 0.000992. The molecular formula is C51H70N8O6. The minimum atomic E-state index is -0.359. The molecule has 14 heteroatoms. The molecule has 65 heavy (non-hydrogen) atoms. The number of hydrogen-bond acceptors (Lipinski definition) is 13. The third-order valence-electron chi connectivity index (χ3n) is 11.4. The molecule has 5 rings (SSSR count). The molecule has 0 saturated heterocycles. The van der Waals surface area contributed by atoms with Crippen LogP contribution in [0.4, 0.5) is 0 Å². The highest BCUT2D eigenvalue weighted by molar-refractivity contribution is 5.73. The summed E-state index contributed by atoms with van der Waals surface area (Å²) in [6, 6.07) is 36.3. The Morgan fingerprint density at radius 3 is 1.05 bits per heavy atom. The lowest BCUT2D eigenvalue weighted by atomic mass is 10.0. The van der Waals surface area contributed by atoms with E-state index in [1.54, 1.807) is 60.7 Å². The zero-order chi connectivity index (χ0) is 46.4. The van der Waals surface area contributed by atoms with Gasteiger partial charge in [-0.25, -0.2) is 0 Å². The first-order valence-corrected chi connectivity index (χ1v) is 22.7. The van der Waals surface area contributed by atoms with Gasteiger partial charge in [0.25, 0.3) is 0 Å². The third-order valence-corrected chi connectivity index (χ3v) is 11.4. The van der Waals surface area contributed by atoms with Gasteiger partial charge in [0.2, 0.25) is 5.91 Å². The van der Waals surface area contributed by atoms with E-state index in [0.717, 1.165) is 34.2 Å². The van der Waals surface area contributed by atoms with Crippen LogP contribution in [0, 0.1) is 0 Å². The molecule has 0 aliphatic rings. The monoisotopic (exact) mass is 891 g/mol. The standard InChI is InChI=1S/C51H70N8O6/c1-35(55-30-41(52)24-36-2-12-46(60)13-3-36)29-56-43(26-38-6-16-48(62)17-7-38)32-58-45(28-40-10-20-50(64)21-11-40)34-59-44(27-39-8-18-49(63)19-9-39)33-57-42(31-54-23-22-51(53)65)25-37-4-14-47(61)15-5-37/h2-21,35,41-45,54-64H,22-34,52H2,1H3,(H2,53,65)/t35-,41-,42-,43-,44-,45-/m1/s1. The zero-order valence-corrected chi connectivity index (χ0v) is 37.5. The van der Waals surface area contributed by atoms with Crippen molar-refractivity contribution in [3.63, 3.8) is 0 Å². The third kappa shape index (κ3) is 19.9. The Hall–Kier alpha value is -5.71. The van der Waals surface area contributed by atoms with Gasteiger partial charge in [-0.1, -0.05) is 60.7 Å². The Kier molecular flexibility index (Phi) is 20.8. The first kappa shape index (κ1) is 50.3. The zero-order valence-electron chi connectivity index (χ0n) is 37.5. The summed E-state index contributed by atoms with van der Waals surface area (Å²) in [6.07, 6.45) is 3.74. The van der Waals surface area contributed by atoms with E-state index < -0.39 is 0 Å². The highest BCUT2D eigenvalue weighted by atomic mass is 16.3. The molecule has 0 aliphatic heterocycles. The molecule has 0 spiro atoms. The normalized spacial score (nSPS) is 14.3. The van der Waals surface area contributed by atoms with E-state index in [4.69, 9.17) is 11.5 Å². The van der Waals surface area contributed by atoms with Gasteiger partial charge in [-0.15, -0.1) is 0 Å². The van der Waals surface area contributed by atoms with Crippen molar-refractivity contribution in [2.45, 2.75) is 81.7 Å². The van der Waals surface area contributed by atoms with Gasteiger partial charge in [-0.3, -0.25) is 4.79 Å². The number of phenols is 5. The number of carbonyl (C=O) groups excluding carboxylic acids is 1. The molecular weight excluding hydrogens is 821 g/mol. The number of phenolic OH excluding ortho intramolecular Hbond substituents is 5. The summed E-state index contributed by atoms with van der Waals surface area (Å²) in [7, 11) is 0. The van der Waals surface area contributed by atoms with Gasteiger partial charge in [0.05, 0.1) is 0 Å². The number of nitrogens with two attached hydrogens (primary N) is 2. The van der Waals surface area contributed by atoms with Crippen LogP contribution in [0.1, 0.15) is 41.2 Å². The molecule has 5 aromatic rings. The smallest absolute Gasteiger partial charge is 0.218 e. The van der Waals surface area contributed by atoms with Crippen molar-refractivity contribution in [1.29, 1.82) is 0 Å². The summed E-state index contributed by atoms with van der Waals surface area (Å²) < 4.78 is 0. The first-order chi connectivity index (χ1) is 31.3. The fourth-order valence-corrected chi connectivity index (χ4v) is 7.72. The second-order valence-electron chi connectivity index (χ2n) is 17.3. The van der Waals surface area contributed by atoms with Gasteiger partial charge in [0.1, 0.15) is 28.7 Å². The van der Waals surface area contributed by atoms with E-state index in [1.807, 2.05) is 60.7 Å². The van der Waals surface area contributed by atoms with Gasteiger partial charge >= 0.3 is 0 Å². The number of rotatable bonds is 30. The fraction of sp³-hybridized carbons (Fsp3) is 0.392. The molecule has 0 unspecified atom stereocenters. The Labute approximate surface area is 383 Å². The molecule has 0 saturated carbocycles. The maximum atomic E-state index is 11.4. The molecule has 5 aromatic carbocycles. The van der Waals surface area contributed by atoms with Crippen LogP contribution < -0.4 is 43.4 Å². The number of nitrogens with one attached hydrogen (secondary N) is 6. The maximum absolute atomic E-state index is 11.4. The molecule has 0 fully saturated rings. The molecule has 0 heterocycles. The molecule has 6 atom stereocenters. The molecule has 350 valence electrons. The van der Waals surface area contributed by atoms with E-state index in [1.165, 1.54) is 0 Å². The molecule has 0 aliphatic carbocycles. The van der Waals surface area contributed by atoms with Crippen LogP contribution in [0.25, 0.3) is 0 Å². The Morgan fingerprint density at radius 1 is 0.431 bits per heavy atom. The maximum Gasteiger partial charge on any atom is 0.218 e. The van der Waals surface area contributed by atoms with Gasteiger partial charge in [-0.05, 0) is 128 Å². The highest BCUT2D eigenvalue weighted by Gasteiger charge is 2.20. The fourth-order valence-electron chi connectivity index (χ4n) is 7.72. The summed E-state index contributed by atoms with van der Waals surface area (Å²) in [6.45, 7) is 6.41. The van der Waals surface area contributed by atoms with E-state index in [0.29, 0.717) is 71.5 Å². The Balaban J connectivity index is 1.27. The number of aromatic hydroxyl groups is 5. The van der Waals surface area contributed by atoms with E-state index >= 15 is 0 Å². The number of carbonyl (C=O) groups is 1. The predicted octanol–water partition coefficient (Wildman–Crippen LogP) is 3.33. The van der Waals surface area contributed by atoms with Crippen LogP contribution in [0.3, 0.4) is 0 Å². The van der Waals surface area contributed by atoms with Crippen molar-refractivity contribution in [3.05, 3.63) is 149 Å². The molecule has 0 aromatic heterocycles. The van der Waals surface area contributed by atoms with Crippen molar-refractivity contribution in [2.75, 3.05) is 45.8 Å². The van der Waals surface area contributed by atoms with Crippen molar-refractivity contribution in [3.8, 4) is 28.7 Å². The minimum Gasteiger partial charge on any atom is -0.508 e. The van der Waals surface area contributed by atoms with Gasteiger partial charge in [-0.2, -0.15) is 0 Å². The van der Waals surface area contributed by atoms with E-state index in [-0.39, 0.29) is 77.3 Å². The van der Waals surface area contributed by atoms with Crippen LogP contribution in [0.2, 0.25) is 0 Å². The summed E-state index contributed by atoms with van der Waals surface area (Å²) in [5, 5.41) is 71.9. The highest BCUT2D eigenvalue weighted by Crippen LogP contribution is 2.16. The van der Waals surface area contributed by atoms with Crippen LogP contribution in [0.15, 0.2) is 121 Å². The van der Waals surface area contributed by atoms with Crippen LogP contribution in [-0.4, -0.2) is 114 Å². The first-order valence-electron chi connectivity index (χ1n) is 22.7. The van der Waals surface area contributed by atoms with Crippen LogP contribution >= 0.6 is 0 Å². The average molecular weight is 891 g/mol. The number of primary amides is 1. The number of hydrogen-bond donors (Lipinski definition) is 13. The number of benzene rings is 5. The molecule has 0 bridgehead atoms. The molecule has 1 amide bonds. The van der Waals surface area contributed by atoms with Crippen LogP contribution in [0.5, 0.6) is 28.7 Å². The molecule has 15 N–H and O–H groups in total. The Morgan fingerprint density at radius 2 is 0.723 bits per heavy atom. The van der Waals surface area contributed by atoms with Crippen molar-refractivity contribution >= 4 is 5.91 Å². The summed E-state index contributed by atoms with van der Waals surface area (Å²) >= 11 is 0. The number of amides is 1. The summed E-state index contributed by atoms with van der Waals surface area (Å²) in [4.78, 5) is 11.4. The van der Waals surface area contributed by atoms with Gasteiger partial charge in [0.15, 0.2) is 0 Å². The SMILES string of the molecule is C[C@H](CN[C@@H](CN[C@@H](CN[C@@H](CN[C@@H](CNCCC(N)=O)Cc1ccc(O)cc1)Cc1ccc(O)cc1)Cc1ccc(O)cc1)Cc1ccc(O)cc1)NC[C@H](N)Cc1ccc(O)cc1. The predicted molar refractivity (Wildman–Crippen MR) is 258 cm³/mol. The largest absolute Gasteiger partial charge is 0.508 e. The van der Waals surface area contributed by atoms with Crippen molar-refractivity contribution < 1.29 is 30.3 Å². The molecule has 0 radical (unpaired) electrons. The van der Waals surface area contributed by atoms with Crippen molar-refractivity contribution in [2.24, 2.45) is 11.5 Å². The topological polar surface area (TPSA) is 242 Å². The van der Waals surface area contributed by atoms with E-state index in [2.05, 4.69) is 38.8 Å². The Bertz CT molecular complexity index is 2090. The summed E-state index contributed by atoms with van der Waals surface area (Å²) in [5.74, 6) is 0.729. The van der Waals surface area contributed by atoms with Crippen molar-refractivity contribution in [1.82, 2.24) is 31.9 Å². The molecule has 14 nitrogen and oxygen atoms in total. The van der Waals surface area contributed by atoms with Crippen LogP contribution in [-0.2, 0) is 36.9 Å². The van der Waals surface area contributed by atoms with Gasteiger partial charge in [0, 0.05) is 88.5 Å².